The molecule has 0 radical (unpaired) electrons. The predicted molar refractivity (Wildman–Crippen MR) is 131 cm³/mol. The fourth-order valence-electron chi connectivity index (χ4n) is 5.56. The molecular weight excluding hydrogens is 450 g/mol. The van der Waals surface area contributed by atoms with Gasteiger partial charge < -0.3 is 19.9 Å². The summed E-state index contributed by atoms with van der Waals surface area (Å²) in [6.45, 7) is 9.72. The second kappa shape index (κ2) is 8.02. The van der Waals surface area contributed by atoms with Crippen LogP contribution in [0.1, 0.15) is 61.1 Å². The Bertz CT molecular complexity index is 1160. The van der Waals surface area contributed by atoms with Crippen LogP contribution in [-0.2, 0) is 16.1 Å². The van der Waals surface area contributed by atoms with Gasteiger partial charge in [0.2, 0.25) is 5.91 Å². The largest absolute Gasteiger partial charge is 0.380 e. The van der Waals surface area contributed by atoms with Crippen molar-refractivity contribution in [2.24, 2.45) is 11.3 Å². The first kappa shape index (κ1) is 22.0. The number of carbonyl (C=O) groups is 2. The van der Waals surface area contributed by atoms with Crippen molar-refractivity contribution in [3.8, 4) is 10.6 Å². The molecule has 2 saturated heterocycles. The van der Waals surface area contributed by atoms with E-state index in [9.17, 15) is 9.59 Å². The molecule has 1 aliphatic carbocycles. The molecule has 34 heavy (non-hydrogen) atoms. The minimum atomic E-state index is -0.138. The van der Waals surface area contributed by atoms with Crippen LogP contribution in [0.15, 0.2) is 6.07 Å². The number of nitrogens with zero attached hydrogens (tertiary/aromatic N) is 4. The third-order valence-corrected chi connectivity index (χ3v) is 9.04. The van der Waals surface area contributed by atoms with Gasteiger partial charge in [0.15, 0.2) is 5.13 Å². The van der Waals surface area contributed by atoms with Crippen molar-refractivity contribution in [1.29, 1.82) is 0 Å². The molecule has 2 aromatic heterocycles. The van der Waals surface area contributed by atoms with Crippen molar-refractivity contribution in [3.63, 3.8) is 0 Å². The van der Waals surface area contributed by atoms with E-state index in [0.29, 0.717) is 23.0 Å². The Morgan fingerprint density at radius 1 is 1.26 bits per heavy atom. The average Bonchev–Trinajstić information content (AvgIpc) is 3.50. The highest BCUT2D eigenvalue weighted by atomic mass is 32.1. The van der Waals surface area contributed by atoms with Crippen LogP contribution in [0.25, 0.3) is 10.6 Å². The quantitative estimate of drug-likeness (QED) is 0.698. The lowest BCUT2D eigenvalue weighted by atomic mass is 9.77. The van der Waals surface area contributed by atoms with Gasteiger partial charge in [0.1, 0.15) is 5.82 Å². The second-order valence-electron chi connectivity index (χ2n) is 10.5. The summed E-state index contributed by atoms with van der Waals surface area (Å²) in [6, 6.07) is 2.32. The number of hydrogen-bond acceptors (Lipinski definition) is 7. The van der Waals surface area contributed by atoms with Crippen molar-refractivity contribution < 1.29 is 14.3 Å². The summed E-state index contributed by atoms with van der Waals surface area (Å²) in [6.07, 6.45) is 4.55. The van der Waals surface area contributed by atoms with Crippen LogP contribution in [-0.4, -0.2) is 59.0 Å². The fourth-order valence-corrected chi connectivity index (χ4v) is 6.53. The van der Waals surface area contributed by atoms with Gasteiger partial charge in [0.25, 0.3) is 5.91 Å². The molecule has 2 amide bonds. The molecule has 0 aromatic carbocycles. The molecule has 1 N–H and O–H groups in total. The van der Waals surface area contributed by atoms with Crippen molar-refractivity contribution in [2.75, 3.05) is 36.5 Å². The molecule has 6 rings (SSSR count). The lowest BCUT2D eigenvalue weighted by Gasteiger charge is -2.47. The molecule has 9 heteroatoms. The summed E-state index contributed by atoms with van der Waals surface area (Å²) in [5.74, 6) is 1.41. The maximum absolute atomic E-state index is 13.7. The Kier molecular flexibility index (Phi) is 5.18. The molecule has 4 aliphatic rings. The zero-order valence-electron chi connectivity index (χ0n) is 20.0. The summed E-state index contributed by atoms with van der Waals surface area (Å²) < 4.78 is 5.51. The first-order chi connectivity index (χ1) is 16.3. The van der Waals surface area contributed by atoms with Gasteiger partial charge in [-0.25, -0.2) is 9.97 Å². The van der Waals surface area contributed by atoms with E-state index >= 15 is 0 Å². The van der Waals surface area contributed by atoms with Crippen molar-refractivity contribution in [3.05, 3.63) is 22.9 Å². The molecule has 3 fully saturated rings. The molecule has 3 aliphatic heterocycles. The SMILES string of the molecule is CC(=O)Nc1nc(C)c(-c2cc3c(c(N4CCC5(CC4)COC5)n2)C(=O)N([C@@H](C)C2CC2)C3)s1. The normalized spacial score (nSPS) is 22.0. The molecule has 8 nitrogen and oxygen atoms in total. The van der Waals surface area contributed by atoms with Crippen molar-refractivity contribution in [2.45, 2.75) is 59.0 Å². The Morgan fingerprint density at radius 3 is 2.62 bits per heavy atom. The molecule has 5 heterocycles. The van der Waals surface area contributed by atoms with Crippen LogP contribution in [0, 0.1) is 18.3 Å². The van der Waals surface area contributed by atoms with Crippen molar-refractivity contribution in [1.82, 2.24) is 14.9 Å². The van der Waals surface area contributed by atoms with Gasteiger partial charge in [0.05, 0.1) is 35.0 Å². The Balaban J connectivity index is 1.39. The average molecular weight is 482 g/mol. The number of amides is 2. The zero-order chi connectivity index (χ0) is 23.6. The monoisotopic (exact) mass is 481 g/mol. The fraction of sp³-hybridized carbons (Fsp3) is 0.600. The van der Waals surface area contributed by atoms with Gasteiger partial charge in [-0.2, -0.15) is 0 Å². The van der Waals surface area contributed by atoms with E-state index in [1.807, 2.05) is 11.8 Å². The number of piperidine rings is 1. The standard InChI is InChI=1S/C25H31N5O3S/c1-14-21(34-24(26-14)27-16(3)31)19-10-18-11-30(15(2)17-4-5-17)23(32)20(18)22(28-19)29-8-6-25(7-9-29)12-33-13-25/h10,15,17H,4-9,11-13H2,1-3H3,(H,26,27,31)/t15-/m0/s1. The van der Waals surface area contributed by atoms with E-state index in [-0.39, 0.29) is 17.9 Å². The molecule has 1 atom stereocenters. The van der Waals surface area contributed by atoms with Gasteiger partial charge in [-0.05, 0) is 57.1 Å². The smallest absolute Gasteiger partial charge is 0.258 e. The molecule has 0 bridgehead atoms. The summed E-state index contributed by atoms with van der Waals surface area (Å²) in [4.78, 5) is 40.1. The minimum absolute atomic E-state index is 0.121. The van der Waals surface area contributed by atoms with Crippen molar-refractivity contribution >= 4 is 34.1 Å². The number of rotatable bonds is 5. The Morgan fingerprint density at radius 2 is 2.00 bits per heavy atom. The Labute approximate surface area is 203 Å². The molecule has 0 unspecified atom stereocenters. The number of thiazole rings is 1. The van der Waals surface area contributed by atoms with E-state index in [0.717, 1.165) is 72.4 Å². The van der Waals surface area contributed by atoms with E-state index in [1.165, 1.54) is 31.1 Å². The molecule has 1 spiro atoms. The number of aromatic nitrogens is 2. The first-order valence-electron chi connectivity index (χ1n) is 12.3. The third-order valence-electron chi connectivity index (χ3n) is 7.95. The number of aryl methyl sites for hydroxylation is 1. The van der Waals surface area contributed by atoms with Gasteiger partial charge in [-0.1, -0.05) is 11.3 Å². The van der Waals surface area contributed by atoms with Gasteiger partial charge in [0, 0.05) is 38.0 Å². The van der Waals surface area contributed by atoms with Crippen LogP contribution in [0.2, 0.25) is 0 Å². The van der Waals surface area contributed by atoms with E-state index < -0.39 is 0 Å². The number of fused-ring (bicyclic) bond motifs is 1. The molecule has 2 aromatic rings. The Hall–Kier alpha value is -2.52. The highest BCUT2D eigenvalue weighted by Crippen LogP contribution is 2.44. The van der Waals surface area contributed by atoms with Crippen LogP contribution in [0.4, 0.5) is 10.9 Å². The summed E-state index contributed by atoms with van der Waals surface area (Å²) in [5.41, 5.74) is 3.82. The minimum Gasteiger partial charge on any atom is -0.380 e. The maximum atomic E-state index is 13.7. The topological polar surface area (TPSA) is 87.7 Å². The molecular formula is C25H31N5O3S. The van der Waals surface area contributed by atoms with E-state index in [1.54, 1.807) is 0 Å². The highest BCUT2D eigenvalue weighted by Gasteiger charge is 2.44. The number of ether oxygens (including phenoxy) is 1. The maximum Gasteiger partial charge on any atom is 0.258 e. The second-order valence-corrected chi connectivity index (χ2v) is 11.5. The van der Waals surface area contributed by atoms with Crippen LogP contribution in [0.3, 0.4) is 0 Å². The molecule has 180 valence electrons. The lowest BCUT2D eigenvalue weighted by molar-refractivity contribution is -0.124. The third kappa shape index (κ3) is 3.69. The molecule has 1 saturated carbocycles. The van der Waals surface area contributed by atoms with Crippen LogP contribution >= 0.6 is 11.3 Å². The van der Waals surface area contributed by atoms with Gasteiger partial charge >= 0.3 is 0 Å². The number of carbonyl (C=O) groups excluding carboxylic acids is 2. The zero-order valence-corrected chi connectivity index (χ0v) is 20.8. The highest BCUT2D eigenvalue weighted by molar-refractivity contribution is 7.19. The first-order valence-corrected chi connectivity index (χ1v) is 13.1. The van der Waals surface area contributed by atoms with Gasteiger partial charge in [-0.3, -0.25) is 9.59 Å². The number of anilines is 2. The van der Waals surface area contributed by atoms with E-state index in [4.69, 9.17) is 9.72 Å². The number of nitrogens with one attached hydrogen (secondary N) is 1. The summed E-state index contributed by atoms with van der Waals surface area (Å²) in [7, 11) is 0. The summed E-state index contributed by atoms with van der Waals surface area (Å²) >= 11 is 1.44. The van der Waals surface area contributed by atoms with E-state index in [2.05, 4.69) is 28.2 Å². The number of pyridine rings is 1. The summed E-state index contributed by atoms with van der Waals surface area (Å²) in [5, 5.41) is 3.37. The predicted octanol–water partition coefficient (Wildman–Crippen LogP) is 3.84. The van der Waals surface area contributed by atoms with Crippen LogP contribution in [0.5, 0.6) is 0 Å². The lowest BCUT2D eigenvalue weighted by Crippen LogP contribution is -2.51. The van der Waals surface area contributed by atoms with Gasteiger partial charge in [-0.15, -0.1) is 0 Å². The van der Waals surface area contributed by atoms with Crippen LogP contribution < -0.4 is 10.2 Å². The number of hydrogen-bond donors (Lipinski definition) is 1.